The van der Waals surface area contributed by atoms with Gasteiger partial charge in [-0.15, -0.1) is 0 Å². The van der Waals surface area contributed by atoms with Gasteiger partial charge < -0.3 is 34.2 Å². The Bertz CT molecular complexity index is 1420. The minimum Gasteiger partial charge on any atom is -0.493 e. The maximum Gasteiger partial charge on any atom is 0.328 e. The van der Waals surface area contributed by atoms with Gasteiger partial charge in [0.05, 0.1) is 26.4 Å². The van der Waals surface area contributed by atoms with E-state index in [0.717, 1.165) is 70.1 Å². The highest BCUT2D eigenvalue weighted by molar-refractivity contribution is 5.89. The number of ether oxygens (including phenoxy) is 3. The predicted octanol–water partition coefficient (Wildman–Crippen LogP) is 6.21. The molecule has 1 atom stereocenters. The Balaban J connectivity index is 0.000000579. The molecular weight excluding hydrogens is 608 g/mol. The number of fused-ring (bicyclic) bond motifs is 1. The molecule has 0 aliphatic carbocycles. The van der Waals surface area contributed by atoms with E-state index in [2.05, 4.69) is 89.5 Å². The van der Waals surface area contributed by atoms with Gasteiger partial charge in [-0.1, -0.05) is 67.6 Å². The maximum absolute atomic E-state index is 9.55. The molecule has 2 aliphatic rings. The largest absolute Gasteiger partial charge is 0.493 e. The van der Waals surface area contributed by atoms with Crippen molar-refractivity contribution >= 4 is 11.9 Å². The molecule has 0 radical (unpaired) electrons. The molecule has 1 unspecified atom stereocenters. The molecule has 1 fully saturated rings. The molecule has 2 heterocycles. The van der Waals surface area contributed by atoms with Crippen LogP contribution in [-0.2, 0) is 26.3 Å². The molecule has 0 amide bonds. The van der Waals surface area contributed by atoms with Crippen molar-refractivity contribution in [3.63, 3.8) is 0 Å². The van der Waals surface area contributed by atoms with Crippen LogP contribution in [-0.4, -0.2) is 92.0 Å². The summed E-state index contributed by atoms with van der Waals surface area (Å²) < 4.78 is 17.8. The quantitative estimate of drug-likeness (QED) is 0.195. The van der Waals surface area contributed by atoms with Gasteiger partial charge in [0.15, 0.2) is 11.5 Å². The van der Waals surface area contributed by atoms with Gasteiger partial charge in [0, 0.05) is 50.8 Å². The Kier molecular flexibility index (Phi) is 14.0. The molecule has 3 aromatic carbocycles. The molecule has 2 N–H and O–H groups in total. The second-order valence-electron chi connectivity index (χ2n) is 12.3. The van der Waals surface area contributed by atoms with Crippen molar-refractivity contribution in [3.8, 4) is 11.5 Å². The van der Waals surface area contributed by atoms with E-state index in [1.807, 2.05) is 0 Å². The monoisotopic (exact) mass is 658 g/mol. The van der Waals surface area contributed by atoms with E-state index in [9.17, 15) is 9.59 Å². The van der Waals surface area contributed by atoms with Crippen molar-refractivity contribution in [2.75, 3.05) is 60.1 Å². The zero-order chi connectivity index (χ0) is 34.4. The molecule has 48 heavy (non-hydrogen) atoms. The second kappa shape index (κ2) is 18.4. The highest BCUT2D eigenvalue weighted by Crippen LogP contribution is 2.43. The van der Waals surface area contributed by atoms with Crippen molar-refractivity contribution in [2.24, 2.45) is 0 Å². The van der Waals surface area contributed by atoms with Crippen LogP contribution in [0, 0.1) is 0 Å². The number of nitrogens with zero attached hydrogens (tertiary/aromatic N) is 2. The Morgan fingerprint density at radius 2 is 1.35 bits per heavy atom. The van der Waals surface area contributed by atoms with Gasteiger partial charge in [-0.05, 0) is 73.0 Å². The van der Waals surface area contributed by atoms with E-state index in [1.165, 1.54) is 41.6 Å². The van der Waals surface area contributed by atoms with Gasteiger partial charge in [-0.2, -0.15) is 0 Å². The summed E-state index contributed by atoms with van der Waals surface area (Å²) in [6, 6.07) is 26.3. The molecule has 5 rings (SSSR count). The first-order valence-corrected chi connectivity index (χ1v) is 16.9. The third-order valence-corrected chi connectivity index (χ3v) is 9.46. The van der Waals surface area contributed by atoms with Crippen LogP contribution in [0.25, 0.3) is 0 Å². The number of aliphatic carboxylic acids is 2. The maximum atomic E-state index is 9.55. The van der Waals surface area contributed by atoms with Gasteiger partial charge in [-0.3, -0.25) is 0 Å². The van der Waals surface area contributed by atoms with E-state index in [-0.39, 0.29) is 5.60 Å². The van der Waals surface area contributed by atoms with Crippen LogP contribution >= 0.6 is 0 Å². The van der Waals surface area contributed by atoms with Crippen LogP contribution in [0.3, 0.4) is 0 Å². The van der Waals surface area contributed by atoms with Crippen LogP contribution in [0.4, 0.5) is 0 Å². The summed E-state index contributed by atoms with van der Waals surface area (Å²) in [5, 5.41) is 15.6. The summed E-state index contributed by atoms with van der Waals surface area (Å²) in [6.07, 6.45) is 6.39. The number of piperazine rings is 1. The fraction of sp³-hybridized carbons (Fsp3) is 0.436. The molecule has 258 valence electrons. The summed E-state index contributed by atoms with van der Waals surface area (Å²) in [5.41, 5.74) is 5.20. The molecule has 0 spiro atoms. The average Bonchev–Trinajstić information content (AvgIpc) is 3.12. The molecule has 2 aliphatic heterocycles. The fourth-order valence-electron chi connectivity index (χ4n) is 6.80. The van der Waals surface area contributed by atoms with Crippen LogP contribution < -0.4 is 9.47 Å². The number of carbonyl (C=O) groups is 2. The van der Waals surface area contributed by atoms with Crippen molar-refractivity contribution in [3.05, 3.63) is 107 Å². The Morgan fingerprint density at radius 1 is 0.833 bits per heavy atom. The van der Waals surface area contributed by atoms with Crippen molar-refractivity contribution < 1.29 is 34.0 Å². The lowest BCUT2D eigenvalue weighted by Crippen LogP contribution is -2.48. The van der Waals surface area contributed by atoms with Gasteiger partial charge in [0.2, 0.25) is 0 Å². The lowest BCUT2D eigenvalue weighted by molar-refractivity contribution is -0.134. The van der Waals surface area contributed by atoms with E-state index < -0.39 is 11.9 Å². The highest BCUT2D eigenvalue weighted by Gasteiger charge is 2.38. The van der Waals surface area contributed by atoms with Crippen LogP contribution in [0.1, 0.15) is 60.8 Å². The van der Waals surface area contributed by atoms with E-state index >= 15 is 0 Å². The second-order valence-corrected chi connectivity index (χ2v) is 12.3. The number of methoxy groups -OCH3 is 2. The molecular formula is C39H50N2O7. The minimum absolute atomic E-state index is 0.256. The van der Waals surface area contributed by atoms with E-state index in [4.69, 9.17) is 24.4 Å². The lowest BCUT2D eigenvalue weighted by atomic mass is 9.81. The summed E-state index contributed by atoms with van der Waals surface area (Å²) in [5.74, 6) is -0.450. The third kappa shape index (κ3) is 10.2. The first-order valence-electron chi connectivity index (χ1n) is 16.9. The number of rotatable bonds is 14. The lowest BCUT2D eigenvalue weighted by Gasteiger charge is -2.41. The number of hydrogen-bond acceptors (Lipinski definition) is 7. The normalized spacial score (nSPS) is 18.2. The smallest absolute Gasteiger partial charge is 0.328 e. The molecule has 3 aromatic rings. The zero-order valence-electron chi connectivity index (χ0n) is 28.5. The van der Waals surface area contributed by atoms with E-state index in [1.54, 1.807) is 14.2 Å². The standard InChI is InChI=1S/C35H46N2O3.C4H4O4/c1-4-35(32-27-34(39-3)33(38-2)26-30(32)17-25-40-35)18-20-37-23-21-36(22-24-37)19-11-16-31(28-12-7-5-8-13-28)29-14-9-6-10-15-29;5-3(6)1-2-4(7)8/h5-10,12-15,26-27,31H,4,11,16-25H2,1-3H3;1-2H,(H,5,6)(H,7,8)/b;2-1+. The van der Waals surface area contributed by atoms with Crippen LogP contribution in [0.2, 0.25) is 0 Å². The first kappa shape index (κ1) is 36.7. The highest BCUT2D eigenvalue weighted by atomic mass is 16.5. The van der Waals surface area contributed by atoms with E-state index in [0.29, 0.717) is 18.1 Å². The summed E-state index contributed by atoms with van der Waals surface area (Å²) in [7, 11) is 3.42. The van der Waals surface area contributed by atoms with Crippen molar-refractivity contribution in [1.29, 1.82) is 0 Å². The van der Waals surface area contributed by atoms with Gasteiger partial charge in [-0.25, -0.2) is 9.59 Å². The fourth-order valence-corrected chi connectivity index (χ4v) is 6.80. The van der Waals surface area contributed by atoms with Gasteiger partial charge >= 0.3 is 11.9 Å². The SMILES string of the molecule is CCC1(CCN2CCN(CCCC(c3ccccc3)c3ccccc3)CC2)OCCc2cc(OC)c(OC)cc21.O=C(O)/C=C/C(=O)O. The molecule has 0 saturated carbocycles. The average molecular weight is 659 g/mol. The number of carboxylic acid groups (broad SMARTS) is 2. The number of hydrogen-bond donors (Lipinski definition) is 2. The van der Waals surface area contributed by atoms with Crippen molar-refractivity contribution in [2.45, 2.75) is 50.5 Å². The van der Waals surface area contributed by atoms with Crippen molar-refractivity contribution in [1.82, 2.24) is 9.80 Å². The van der Waals surface area contributed by atoms with Gasteiger partial charge in [0.1, 0.15) is 0 Å². The summed E-state index contributed by atoms with van der Waals surface area (Å²) in [4.78, 5) is 24.4. The third-order valence-electron chi connectivity index (χ3n) is 9.46. The molecule has 1 saturated heterocycles. The minimum atomic E-state index is -1.26. The molecule has 0 aromatic heterocycles. The Hall–Kier alpha value is -4.18. The summed E-state index contributed by atoms with van der Waals surface area (Å²) >= 11 is 0. The predicted molar refractivity (Wildman–Crippen MR) is 187 cm³/mol. The molecule has 9 nitrogen and oxygen atoms in total. The van der Waals surface area contributed by atoms with Crippen LogP contribution in [0.15, 0.2) is 84.9 Å². The number of benzene rings is 3. The zero-order valence-corrected chi connectivity index (χ0v) is 28.5. The van der Waals surface area contributed by atoms with Crippen LogP contribution in [0.5, 0.6) is 11.5 Å². The first-order chi connectivity index (χ1) is 23.3. The Morgan fingerprint density at radius 3 is 1.85 bits per heavy atom. The molecule has 0 bridgehead atoms. The topological polar surface area (TPSA) is 109 Å². The number of carboxylic acids is 2. The van der Waals surface area contributed by atoms with Gasteiger partial charge in [0.25, 0.3) is 0 Å². The Labute approximate surface area is 284 Å². The summed E-state index contributed by atoms with van der Waals surface area (Å²) in [6.45, 7) is 9.77. The molecule has 9 heteroatoms.